The van der Waals surface area contributed by atoms with Gasteiger partial charge >= 0.3 is 34.3 Å². The number of carboxylic acids is 4. The van der Waals surface area contributed by atoms with Crippen molar-refractivity contribution in [2.75, 3.05) is 6.54 Å². The van der Waals surface area contributed by atoms with Crippen LogP contribution in [0.1, 0.15) is 50.2 Å². The molecular weight excluding hydrogens is 616 g/mol. The van der Waals surface area contributed by atoms with Gasteiger partial charge in [0.05, 0.1) is 6.54 Å². The molecule has 2 aromatic carbocycles. The Balaban J connectivity index is -0.000000213. The van der Waals surface area contributed by atoms with Gasteiger partial charge in [0.1, 0.15) is 12.1 Å². The number of rotatable bonds is 12. The Morgan fingerprint density at radius 3 is 1.32 bits per heavy atom. The van der Waals surface area contributed by atoms with Crippen molar-refractivity contribution < 1.29 is 67.7 Å². The van der Waals surface area contributed by atoms with Gasteiger partial charge in [0, 0.05) is 24.8 Å². The maximum absolute atomic E-state index is 10.1. The topological polar surface area (TPSA) is 270 Å². The van der Waals surface area contributed by atoms with E-state index in [-0.39, 0.29) is 41.4 Å². The van der Waals surface area contributed by atoms with Gasteiger partial charge in [-0.1, -0.05) is 80.4 Å². The smallest absolute Gasteiger partial charge is 0.550 e. The first-order valence-corrected chi connectivity index (χ1v) is 12.2. The van der Waals surface area contributed by atoms with Crippen LogP contribution in [0.25, 0.3) is 0 Å². The summed E-state index contributed by atoms with van der Waals surface area (Å²) in [7, 11) is 0. The zero-order valence-corrected chi connectivity index (χ0v) is 24.3. The summed E-state index contributed by atoms with van der Waals surface area (Å²) in [6, 6.07) is 16.6. The molecule has 0 aliphatic carbocycles. The number of nitrogens with two attached hydrogens (primary N) is 2. The molecule has 0 saturated carbocycles. The van der Waals surface area contributed by atoms with E-state index in [4.69, 9.17) is 21.7 Å². The minimum Gasteiger partial charge on any atom is -0.550 e. The number of carbonyl (C=O) groups is 4. The minimum atomic E-state index is -1.04. The molecular formula is C27H43AgN4O8. The van der Waals surface area contributed by atoms with Crippen molar-refractivity contribution in [2.24, 2.45) is 11.5 Å². The largest absolute Gasteiger partial charge is 1.00 e. The summed E-state index contributed by atoms with van der Waals surface area (Å²) in [5, 5.41) is 36.7. The Labute approximate surface area is 251 Å². The molecule has 12 nitrogen and oxygen atoms in total. The Morgan fingerprint density at radius 2 is 1.07 bits per heavy atom. The van der Waals surface area contributed by atoms with Crippen LogP contribution < -0.4 is 33.6 Å². The van der Waals surface area contributed by atoms with E-state index in [1.54, 1.807) is 48.5 Å². The van der Waals surface area contributed by atoms with Gasteiger partial charge in [0.15, 0.2) is 0 Å². The average Bonchev–Trinajstić information content (AvgIpc) is 2.87. The average molecular weight is 660 g/mol. The number of carboxylic acid groups (broad SMARTS) is 4. The molecule has 0 spiro atoms. The van der Waals surface area contributed by atoms with E-state index in [1.807, 2.05) is 19.1 Å². The fourth-order valence-corrected chi connectivity index (χ4v) is 2.56. The number of carbonyl (C=O) groups excluding carboxylic acids is 2. The van der Waals surface area contributed by atoms with Crippen molar-refractivity contribution in [2.45, 2.75) is 64.0 Å². The second-order valence-electron chi connectivity index (χ2n) is 8.10. The first-order valence-electron chi connectivity index (χ1n) is 12.2. The van der Waals surface area contributed by atoms with Gasteiger partial charge in [0.25, 0.3) is 0 Å². The van der Waals surface area contributed by atoms with Crippen LogP contribution in [0.5, 0.6) is 0 Å². The van der Waals surface area contributed by atoms with Gasteiger partial charge in [0.2, 0.25) is 0 Å². The van der Waals surface area contributed by atoms with E-state index in [1.165, 1.54) is 0 Å². The van der Waals surface area contributed by atoms with Crippen LogP contribution in [0.3, 0.4) is 0 Å². The zero-order valence-electron chi connectivity index (χ0n) is 22.8. The van der Waals surface area contributed by atoms with E-state index in [0.717, 1.165) is 36.9 Å². The molecule has 12 N–H and O–H groups in total. The van der Waals surface area contributed by atoms with E-state index in [2.05, 4.69) is 5.73 Å². The van der Waals surface area contributed by atoms with Crippen LogP contribution >= 0.6 is 0 Å². The minimum absolute atomic E-state index is 0. The van der Waals surface area contributed by atoms with Gasteiger partial charge in [-0.05, 0) is 30.4 Å². The predicted octanol–water partition coefficient (Wildman–Crippen LogP) is -0.874. The molecule has 230 valence electrons. The molecule has 0 aliphatic rings. The van der Waals surface area contributed by atoms with E-state index in [0.29, 0.717) is 12.8 Å². The molecule has 0 radical (unpaired) electrons. The normalized spacial score (nSPS) is 10.5. The zero-order chi connectivity index (χ0) is 29.3. The predicted molar refractivity (Wildman–Crippen MR) is 143 cm³/mol. The quantitative estimate of drug-likeness (QED) is 0.152. The van der Waals surface area contributed by atoms with Crippen LogP contribution in [0, 0.1) is 0 Å². The molecule has 0 heterocycles. The summed E-state index contributed by atoms with van der Waals surface area (Å²) in [5.41, 5.74) is 15.5. The Hall–Kier alpha value is -3.10. The summed E-state index contributed by atoms with van der Waals surface area (Å²) >= 11 is 0. The van der Waals surface area contributed by atoms with Gasteiger partial charge in [-0.3, -0.25) is 9.59 Å². The molecule has 0 aliphatic heterocycles. The fourth-order valence-electron chi connectivity index (χ4n) is 2.56. The van der Waals surface area contributed by atoms with E-state index < -0.39 is 36.0 Å². The van der Waals surface area contributed by atoms with Crippen LogP contribution in [0.4, 0.5) is 0 Å². The van der Waals surface area contributed by atoms with Crippen molar-refractivity contribution >= 4 is 23.9 Å². The Morgan fingerprint density at radius 1 is 0.750 bits per heavy atom. The van der Waals surface area contributed by atoms with E-state index >= 15 is 0 Å². The molecule has 0 saturated heterocycles. The summed E-state index contributed by atoms with van der Waals surface area (Å²) in [6.45, 7) is 2.76. The second-order valence-corrected chi connectivity index (χ2v) is 8.10. The first kappa shape index (κ1) is 43.9. The molecule has 40 heavy (non-hydrogen) atoms. The molecule has 0 fully saturated rings. The molecule has 0 bridgehead atoms. The number of hydrogen-bond acceptors (Lipinski definition) is 9. The van der Waals surface area contributed by atoms with Gasteiger partial charge in [-0.25, -0.2) is 0 Å². The molecule has 2 atom stereocenters. The molecule has 0 amide bonds. The van der Waals surface area contributed by atoms with Crippen LogP contribution in [0.15, 0.2) is 60.7 Å². The summed E-state index contributed by atoms with van der Waals surface area (Å²) < 4.78 is 0. The third kappa shape index (κ3) is 29.5. The van der Waals surface area contributed by atoms with Crippen molar-refractivity contribution in [3.8, 4) is 0 Å². The monoisotopic (exact) mass is 658 g/mol. The summed E-state index contributed by atoms with van der Waals surface area (Å²) in [5.74, 6) is -3.90. The maximum atomic E-state index is 10.1. The van der Waals surface area contributed by atoms with Crippen molar-refractivity contribution in [1.29, 1.82) is 0 Å². The van der Waals surface area contributed by atoms with Crippen LogP contribution in [-0.4, -0.2) is 52.7 Å². The van der Waals surface area contributed by atoms with Gasteiger partial charge in [-0.15, -0.1) is 0 Å². The Bertz CT molecular complexity index is 846. The molecule has 2 aromatic rings. The number of benzene rings is 2. The van der Waals surface area contributed by atoms with Crippen molar-refractivity contribution in [3.63, 3.8) is 0 Å². The van der Waals surface area contributed by atoms with Gasteiger partial charge in [-0.2, -0.15) is 0 Å². The molecule has 13 heteroatoms. The van der Waals surface area contributed by atoms with Crippen LogP contribution in [-0.2, 0) is 54.4 Å². The number of aliphatic carboxylic acids is 4. The first-order chi connectivity index (χ1) is 17.9. The summed E-state index contributed by atoms with van der Waals surface area (Å²) in [6.07, 6.45) is 3.80. The third-order valence-corrected chi connectivity index (χ3v) is 4.65. The van der Waals surface area contributed by atoms with Crippen molar-refractivity contribution in [3.05, 3.63) is 71.8 Å². The standard InChI is InChI=1S/2C8H8O2.C6H13NO2.C5H12N2O2.Ag.H3N/c2*9-8(10)6-7-4-2-1-3-5-7;1-2-3-4-5(7)6(8)9;6-3-1-2-4(7)5(8)9;;/h2*1-5H,6H2,(H,9,10);5H,2-4,7H2,1H3,(H,8,9);4H,1-3,6-7H2,(H,8,9);;1H3/q;;;;+1;/p-1/t;;5-;4-;;/m..00../s1. The number of hydrogen-bond donors (Lipinski definition) is 6. The number of unbranched alkanes of at least 4 members (excludes halogenated alkanes) is 1. The van der Waals surface area contributed by atoms with Crippen molar-refractivity contribution in [1.82, 2.24) is 6.15 Å². The molecule has 2 rings (SSSR count). The molecule has 0 unspecified atom stereocenters. The molecule has 0 aromatic heterocycles. The van der Waals surface area contributed by atoms with Crippen LogP contribution in [0.2, 0.25) is 0 Å². The fraction of sp³-hybridized carbons (Fsp3) is 0.407. The number of quaternary nitrogens is 1. The maximum Gasteiger partial charge on any atom is 1.00 e. The SMILES string of the molecule is CCCC[C@H](N)C(=O)O.N.N[C@@H](CCC[NH3+])C(=O)O.O=C([O-])Cc1ccccc1.O=C([O-])Cc1ccccc1.[Ag+]. The van der Waals surface area contributed by atoms with E-state index in [9.17, 15) is 29.4 Å². The third-order valence-electron chi connectivity index (χ3n) is 4.65. The summed E-state index contributed by atoms with van der Waals surface area (Å²) in [4.78, 5) is 40.3. The second kappa shape index (κ2) is 28.9. The van der Waals surface area contributed by atoms with Gasteiger partial charge < -0.3 is 53.4 Å². The Kier molecular flexibility index (Phi) is 31.7.